The van der Waals surface area contributed by atoms with E-state index < -0.39 is 15.4 Å². The third kappa shape index (κ3) is 5.17. The van der Waals surface area contributed by atoms with E-state index >= 15 is 0 Å². The Bertz CT molecular complexity index is 2860. The standard InChI is InChI=1S/C56H43N3S/c1-55(2)47-27-15-16-30-51(47)59(42-19-7-3-8-20-42)52-36-33-41(39-50(52)55)56(48-28-17-37-57-53(48)54-49(56)29-18-38-58-54)40-31-34-46(35-32-40)60(43-21-9-4-10-22-43,44-23-11-5-12-24-44)45-25-13-6-14-26-45/h3-39H,1-2H3. The van der Waals surface area contributed by atoms with Crippen LogP contribution in [0.3, 0.4) is 0 Å². The van der Waals surface area contributed by atoms with Crippen LogP contribution < -0.4 is 4.90 Å². The van der Waals surface area contributed by atoms with Crippen LogP contribution in [0.5, 0.6) is 0 Å². The maximum absolute atomic E-state index is 5.05. The molecule has 7 aromatic carbocycles. The van der Waals surface area contributed by atoms with E-state index in [-0.39, 0.29) is 5.41 Å². The molecule has 0 atom stereocenters. The van der Waals surface area contributed by atoms with Crippen LogP contribution in [0.25, 0.3) is 11.4 Å². The molecule has 0 radical (unpaired) electrons. The van der Waals surface area contributed by atoms with E-state index in [1.165, 1.54) is 53.2 Å². The summed E-state index contributed by atoms with van der Waals surface area (Å²) in [7, 11) is -1.88. The van der Waals surface area contributed by atoms with Gasteiger partial charge in [-0.1, -0.05) is 141 Å². The van der Waals surface area contributed by atoms with Gasteiger partial charge in [0.15, 0.2) is 0 Å². The van der Waals surface area contributed by atoms with Crippen molar-refractivity contribution in [1.82, 2.24) is 9.97 Å². The molecule has 11 rings (SSSR count). The van der Waals surface area contributed by atoms with Gasteiger partial charge < -0.3 is 4.90 Å². The molecule has 1 aliphatic heterocycles. The first-order chi connectivity index (χ1) is 29.5. The minimum atomic E-state index is -1.88. The van der Waals surface area contributed by atoms with Gasteiger partial charge >= 0.3 is 0 Å². The van der Waals surface area contributed by atoms with Crippen LogP contribution in [0.4, 0.5) is 17.1 Å². The minimum absolute atomic E-state index is 0.281. The van der Waals surface area contributed by atoms with E-state index in [9.17, 15) is 0 Å². The largest absolute Gasteiger partial charge is 0.310 e. The van der Waals surface area contributed by atoms with E-state index in [2.05, 4.69) is 231 Å². The highest BCUT2D eigenvalue weighted by atomic mass is 32.3. The number of hydrogen-bond donors (Lipinski definition) is 0. The molecule has 2 aliphatic rings. The van der Waals surface area contributed by atoms with Crippen LogP contribution in [0.2, 0.25) is 0 Å². The summed E-state index contributed by atoms with van der Waals surface area (Å²) >= 11 is 0. The first kappa shape index (κ1) is 36.1. The Kier molecular flexibility index (Phi) is 8.47. The first-order valence-electron chi connectivity index (χ1n) is 20.6. The fraction of sp³-hybridized carbons (Fsp3) is 0.0714. The second-order valence-electron chi connectivity index (χ2n) is 16.2. The Balaban J connectivity index is 1.18. The van der Waals surface area contributed by atoms with Gasteiger partial charge in [-0.3, -0.25) is 9.97 Å². The van der Waals surface area contributed by atoms with Crippen LogP contribution >= 0.6 is 10.0 Å². The van der Waals surface area contributed by atoms with Gasteiger partial charge in [-0.25, -0.2) is 0 Å². The summed E-state index contributed by atoms with van der Waals surface area (Å²) in [6.07, 6.45) is 3.80. The van der Waals surface area contributed by atoms with Crippen molar-refractivity contribution in [3.63, 3.8) is 0 Å². The molecule has 0 amide bonds. The van der Waals surface area contributed by atoms with Crippen molar-refractivity contribution in [1.29, 1.82) is 0 Å². The predicted molar refractivity (Wildman–Crippen MR) is 246 cm³/mol. The zero-order valence-electron chi connectivity index (χ0n) is 33.6. The fourth-order valence-corrected chi connectivity index (χ4v) is 14.0. The average molecular weight is 790 g/mol. The maximum Gasteiger partial charge on any atom is 0.0937 e. The van der Waals surface area contributed by atoms with Crippen molar-refractivity contribution < 1.29 is 0 Å². The normalized spacial score (nSPS) is 14.7. The summed E-state index contributed by atoms with van der Waals surface area (Å²) in [6, 6.07) is 78.3. The monoisotopic (exact) mass is 789 g/mol. The van der Waals surface area contributed by atoms with Gasteiger partial charge in [-0.2, -0.15) is 0 Å². The zero-order chi connectivity index (χ0) is 40.3. The Labute approximate surface area is 354 Å². The molecule has 0 saturated carbocycles. The first-order valence-corrected chi connectivity index (χ1v) is 22.3. The van der Waals surface area contributed by atoms with E-state index in [0.717, 1.165) is 28.2 Å². The molecule has 0 fully saturated rings. The number of hydrogen-bond acceptors (Lipinski definition) is 3. The average Bonchev–Trinajstić information content (AvgIpc) is 3.62. The van der Waals surface area contributed by atoms with Gasteiger partial charge in [0.2, 0.25) is 0 Å². The Morgan fingerprint density at radius 3 is 1.37 bits per heavy atom. The van der Waals surface area contributed by atoms with Gasteiger partial charge in [-0.05, 0) is 118 Å². The van der Waals surface area contributed by atoms with Crippen molar-refractivity contribution in [2.75, 3.05) is 4.90 Å². The van der Waals surface area contributed by atoms with Gasteiger partial charge in [-0.15, -0.1) is 10.0 Å². The lowest BCUT2D eigenvalue weighted by Crippen LogP contribution is -2.33. The molecule has 4 heteroatoms. The number of para-hydroxylation sites is 2. The summed E-state index contributed by atoms with van der Waals surface area (Å²) in [6.45, 7) is 4.74. The molecular weight excluding hydrogens is 747 g/mol. The molecule has 0 saturated heterocycles. The van der Waals surface area contributed by atoms with Crippen LogP contribution in [0.1, 0.15) is 47.2 Å². The van der Waals surface area contributed by atoms with Gasteiger partial charge in [0, 0.05) is 43.1 Å². The summed E-state index contributed by atoms with van der Waals surface area (Å²) in [5.74, 6) is 0. The minimum Gasteiger partial charge on any atom is -0.310 e. The number of benzene rings is 7. The van der Waals surface area contributed by atoms with Gasteiger partial charge in [0.1, 0.15) is 0 Å². The molecule has 1 aliphatic carbocycles. The molecule has 0 unspecified atom stereocenters. The molecule has 2 aromatic heterocycles. The second kappa shape index (κ2) is 14.1. The fourth-order valence-electron chi connectivity index (χ4n) is 10.1. The quantitative estimate of drug-likeness (QED) is 0.161. The Morgan fingerprint density at radius 2 is 0.817 bits per heavy atom. The predicted octanol–water partition coefficient (Wildman–Crippen LogP) is 14.3. The number of aromatic nitrogens is 2. The van der Waals surface area contributed by atoms with Crippen molar-refractivity contribution in [3.05, 3.63) is 258 Å². The molecule has 60 heavy (non-hydrogen) atoms. The number of nitrogens with zero attached hydrogens (tertiary/aromatic N) is 3. The van der Waals surface area contributed by atoms with Crippen LogP contribution in [-0.2, 0) is 10.8 Å². The summed E-state index contributed by atoms with van der Waals surface area (Å²) in [4.78, 5) is 17.7. The van der Waals surface area contributed by atoms with Crippen molar-refractivity contribution in [2.24, 2.45) is 0 Å². The molecule has 3 nitrogen and oxygen atoms in total. The van der Waals surface area contributed by atoms with Crippen LogP contribution in [0.15, 0.2) is 244 Å². The molecule has 288 valence electrons. The summed E-state index contributed by atoms with van der Waals surface area (Å²) < 4.78 is 0. The third-order valence-corrected chi connectivity index (χ3v) is 16.7. The van der Waals surface area contributed by atoms with Crippen molar-refractivity contribution in [3.8, 4) is 11.4 Å². The lowest BCUT2D eigenvalue weighted by molar-refractivity contribution is 0.627. The Morgan fingerprint density at radius 1 is 0.383 bits per heavy atom. The molecular formula is C56H43N3S. The van der Waals surface area contributed by atoms with Gasteiger partial charge in [0.05, 0.1) is 28.2 Å². The second-order valence-corrected chi connectivity index (χ2v) is 19.3. The molecule has 9 aromatic rings. The number of rotatable bonds is 7. The van der Waals surface area contributed by atoms with E-state index in [1.54, 1.807) is 0 Å². The van der Waals surface area contributed by atoms with Gasteiger partial charge in [0.25, 0.3) is 0 Å². The zero-order valence-corrected chi connectivity index (χ0v) is 34.4. The van der Waals surface area contributed by atoms with E-state index in [0.29, 0.717) is 0 Å². The topological polar surface area (TPSA) is 29.0 Å². The molecule has 0 bridgehead atoms. The Hall–Kier alpha value is -7.01. The lowest BCUT2D eigenvalue weighted by atomic mass is 9.65. The van der Waals surface area contributed by atoms with Crippen LogP contribution in [-0.4, -0.2) is 9.97 Å². The van der Waals surface area contributed by atoms with E-state index in [4.69, 9.17) is 9.97 Å². The highest BCUT2D eigenvalue weighted by molar-refractivity contribution is 8.34. The number of fused-ring (bicyclic) bond motifs is 5. The van der Waals surface area contributed by atoms with E-state index in [1.807, 2.05) is 12.4 Å². The molecule has 0 spiro atoms. The maximum atomic E-state index is 5.05. The smallest absolute Gasteiger partial charge is 0.0937 e. The van der Waals surface area contributed by atoms with Crippen molar-refractivity contribution >= 4 is 27.1 Å². The number of anilines is 3. The summed E-state index contributed by atoms with van der Waals surface area (Å²) in [5.41, 5.74) is 11.7. The molecule has 0 N–H and O–H groups in total. The third-order valence-electron chi connectivity index (χ3n) is 12.8. The SMILES string of the molecule is CC1(C)c2ccccc2N(c2ccccc2)c2ccc(C3(c4ccc(S(c5ccccc5)(c5ccccc5)c5ccccc5)cc4)c4cccnc4-c4ncccc43)cc21. The number of pyridine rings is 2. The lowest BCUT2D eigenvalue weighted by Gasteiger charge is -2.44. The van der Waals surface area contributed by atoms with Crippen molar-refractivity contribution in [2.45, 2.75) is 44.3 Å². The highest BCUT2D eigenvalue weighted by Crippen LogP contribution is 2.73. The molecule has 3 heterocycles. The van der Waals surface area contributed by atoms with Crippen LogP contribution in [0, 0.1) is 0 Å². The highest BCUT2D eigenvalue weighted by Gasteiger charge is 2.49. The summed E-state index contributed by atoms with van der Waals surface area (Å²) in [5, 5.41) is 0.